The second-order valence-electron chi connectivity index (χ2n) is 9.10. The number of benzene rings is 2. The Hall–Kier alpha value is -3.17. The van der Waals surface area contributed by atoms with Gasteiger partial charge in [-0.3, -0.25) is 9.59 Å². The highest BCUT2D eigenvalue weighted by molar-refractivity contribution is 6.01. The lowest BCUT2D eigenvalue weighted by atomic mass is 9.96. The van der Waals surface area contributed by atoms with Crippen molar-refractivity contribution in [3.63, 3.8) is 0 Å². The molecule has 31 heavy (non-hydrogen) atoms. The first-order chi connectivity index (χ1) is 15.0. The maximum absolute atomic E-state index is 12.8. The van der Waals surface area contributed by atoms with Gasteiger partial charge in [-0.2, -0.15) is 5.26 Å². The molecule has 2 aliphatic heterocycles. The number of nitrogens with one attached hydrogen (secondary N) is 2. The number of carbonyl (C=O) groups excluding carboxylic acids is 2. The number of fused-ring (bicyclic) bond motifs is 3. The number of likely N-dealkylation sites (N-methyl/N-ethyl adjacent to an activating group) is 1. The lowest BCUT2D eigenvalue weighted by Crippen LogP contribution is -2.55. The van der Waals surface area contributed by atoms with Gasteiger partial charge >= 0.3 is 0 Å². The van der Waals surface area contributed by atoms with Crippen LogP contribution in [-0.4, -0.2) is 37.0 Å². The summed E-state index contributed by atoms with van der Waals surface area (Å²) in [7, 11) is 1.81. The highest BCUT2D eigenvalue weighted by Crippen LogP contribution is 2.40. The molecule has 0 aromatic heterocycles. The van der Waals surface area contributed by atoms with Crippen molar-refractivity contribution >= 4 is 17.5 Å². The number of nitrogens with zero attached hydrogens (tertiary/aromatic N) is 2. The zero-order valence-corrected chi connectivity index (χ0v) is 17.6. The van der Waals surface area contributed by atoms with Gasteiger partial charge in [0.25, 0.3) is 0 Å². The monoisotopic (exact) mass is 414 g/mol. The highest BCUT2D eigenvalue weighted by Gasteiger charge is 2.50. The molecule has 1 saturated carbocycles. The SMILES string of the molecule is CN1C(=O)Cc2ccc(-c3ccc(C[C@@H](C#N)NC(=O)[C@@]45CC[C@@H](CN4)C5)cc3)cc21. The van der Waals surface area contributed by atoms with Crippen LogP contribution in [0, 0.1) is 17.2 Å². The van der Waals surface area contributed by atoms with Gasteiger partial charge in [0.1, 0.15) is 6.04 Å². The standard InChI is InChI=1S/C25H26N4O2/c1-29-22-11-19(6-7-20(22)12-23(29)30)18-4-2-16(3-5-18)10-21(14-26)28-24(31)25-9-8-17(13-25)15-27-25/h2-7,11,17,21,27H,8-10,12-13,15H2,1H3,(H,28,31)/t17-,21+,25+/m1/s1. The van der Waals surface area contributed by atoms with Crippen molar-refractivity contribution in [2.75, 3.05) is 18.5 Å². The number of rotatable bonds is 5. The smallest absolute Gasteiger partial charge is 0.241 e. The Morgan fingerprint density at radius 1 is 1.29 bits per heavy atom. The van der Waals surface area contributed by atoms with Gasteiger partial charge in [0, 0.05) is 19.2 Å². The van der Waals surface area contributed by atoms with Crippen LogP contribution < -0.4 is 15.5 Å². The van der Waals surface area contributed by atoms with Crippen LogP contribution in [0.3, 0.4) is 0 Å². The van der Waals surface area contributed by atoms with Crippen LogP contribution in [0.25, 0.3) is 11.1 Å². The number of anilines is 1. The molecule has 2 fully saturated rings. The predicted molar refractivity (Wildman–Crippen MR) is 118 cm³/mol. The number of nitriles is 1. The van der Waals surface area contributed by atoms with Crippen LogP contribution in [-0.2, 0) is 22.4 Å². The first kappa shape index (κ1) is 19.8. The zero-order valence-electron chi connectivity index (χ0n) is 17.6. The molecule has 2 heterocycles. The second-order valence-corrected chi connectivity index (χ2v) is 9.10. The van der Waals surface area contributed by atoms with E-state index in [4.69, 9.17) is 0 Å². The molecule has 3 atom stereocenters. The van der Waals surface area contributed by atoms with Gasteiger partial charge in [-0.15, -0.1) is 0 Å². The third-order valence-electron chi connectivity index (χ3n) is 7.13. The fraction of sp³-hybridized carbons (Fsp3) is 0.400. The second kappa shape index (κ2) is 7.51. The molecule has 3 aliphatic rings. The third kappa shape index (κ3) is 3.49. The van der Waals surface area contributed by atoms with E-state index in [0.717, 1.165) is 53.7 Å². The summed E-state index contributed by atoms with van der Waals surface area (Å²) < 4.78 is 0. The summed E-state index contributed by atoms with van der Waals surface area (Å²) in [4.78, 5) is 26.4. The topological polar surface area (TPSA) is 85.2 Å². The lowest BCUT2D eigenvalue weighted by molar-refractivity contribution is -0.127. The Balaban J connectivity index is 1.26. The molecule has 0 unspecified atom stereocenters. The van der Waals surface area contributed by atoms with E-state index >= 15 is 0 Å². The number of hydrogen-bond acceptors (Lipinski definition) is 4. The molecule has 2 amide bonds. The van der Waals surface area contributed by atoms with E-state index in [-0.39, 0.29) is 11.8 Å². The molecule has 0 radical (unpaired) electrons. The first-order valence-electron chi connectivity index (χ1n) is 10.9. The summed E-state index contributed by atoms with van der Waals surface area (Å²) >= 11 is 0. The summed E-state index contributed by atoms with van der Waals surface area (Å²) in [6, 6.07) is 15.9. The van der Waals surface area contributed by atoms with E-state index in [1.165, 1.54) is 0 Å². The van der Waals surface area contributed by atoms with E-state index in [1.807, 2.05) is 43.4 Å². The average Bonchev–Trinajstić information content (AvgIpc) is 3.48. The Morgan fingerprint density at radius 3 is 2.71 bits per heavy atom. The van der Waals surface area contributed by atoms with E-state index in [2.05, 4.69) is 22.8 Å². The lowest BCUT2D eigenvalue weighted by Gasteiger charge is -2.27. The summed E-state index contributed by atoms with van der Waals surface area (Å²) in [5.41, 5.74) is 4.68. The molecule has 2 bridgehead atoms. The van der Waals surface area contributed by atoms with Crippen LogP contribution in [0.4, 0.5) is 5.69 Å². The maximum atomic E-state index is 12.8. The van der Waals surface area contributed by atoms with Gasteiger partial charge in [0.15, 0.2) is 0 Å². The van der Waals surface area contributed by atoms with Gasteiger partial charge in [-0.25, -0.2) is 0 Å². The van der Waals surface area contributed by atoms with E-state index in [9.17, 15) is 14.9 Å². The third-order valence-corrected chi connectivity index (χ3v) is 7.13. The molecule has 158 valence electrons. The number of carbonyl (C=O) groups is 2. The average molecular weight is 415 g/mol. The minimum atomic E-state index is -0.547. The zero-order chi connectivity index (χ0) is 21.6. The van der Waals surface area contributed by atoms with Gasteiger partial charge < -0.3 is 15.5 Å². The molecule has 5 rings (SSSR count). The van der Waals surface area contributed by atoms with Gasteiger partial charge in [0.2, 0.25) is 11.8 Å². The van der Waals surface area contributed by atoms with Gasteiger partial charge in [-0.05, 0) is 60.0 Å². The van der Waals surface area contributed by atoms with Gasteiger partial charge in [-0.1, -0.05) is 36.4 Å². The Bertz CT molecular complexity index is 1080. The molecule has 0 spiro atoms. The number of piperidine rings is 1. The van der Waals surface area contributed by atoms with Crippen molar-refractivity contribution in [1.82, 2.24) is 10.6 Å². The fourth-order valence-electron chi connectivity index (χ4n) is 5.22. The van der Waals surface area contributed by atoms with E-state index in [1.54, 1.807) is 4.90 Å². The van der Waals surface area contributed by atoms with E-state index < -0.39 is 11.6 Å². The number of amides is 2. The summed E-state index contributed by atoms with van der Waals surface area (Å²) in [6.07, 6.45) is 3.77. The minimum absolute atomic E-state index is 0.0347. The molecule has 2 aromatic rings. The van der Waals surface area contributed by atoms with Crippen molar-refractivity contribution in [3.05, 3.63) is 53.6 Å². The molecular formula is C25H26N4O2. The summed E-state index contributed by atoms with van der Waals surface area (Å²) in [6.45, 7) is 0.902. The van der Waals surface area contributed by atoms with Gasteiger partial charge in [0.05, 0.1) is 18.0 Å². The minimum Gasteiger partial charge on any atom is -0.338 e. The Labute approximate surface area is 182 Å². The predicted octanol–water partition coefficient (Wildman–Crippen LogP) is 2.57. The van der Waals surface area contributed by atoms with Crippen molar-refractivity contribution in [2.45, 2.75) is 43.7 Å². The maximum Gasteiger partial charge on any atom is 0.241 e. The van der Waals surface area contributed by atoms with Crippen LogP contribution >= 0.6 is 0 Å². The summed E-state index contributed by atoms with van der Waals surface area (Å²) in [5, 5.41) is 15.9. The quantitative estimate of drug-likeness (QED) is 0.788. The molecule has 1 saturated heterocycles. The first-order valence-corrected chi connectivity index (χ1v) is 10.9. The largest absolute Gasteiger partial charge is 0.338 e. The Kier molecular flexibility index (Phi) is 4.79. The highest BCUT2D eigenvalue weighted by atomic mass is 16.2. The molecule has 6 nitrogen and oxygen atoms in total. The molecular weight excluding hydrogens is 388 g/mol. The van der Waals surface area contributed by atoms with Crippen LogP contribution in [0.15, 0.2) is 42.5 Å². The van der Waals surface area contributed by atoms with Crippen molar-refractivity contribution in [3.8, 4) is 17.2 Å². The molecule has 6 heteroatoms. The normalized spacial score (nSPS) is 24.7. The van der Waals surface area contributed by atoms with Crippen LogP contribution in [0.2, 0.25) is 0 Å². The van der Waals surface area contributed by atoms with Crippen LogP contribution in [0.5, 0.6) is 0 Å². The molecule has 1 aliphatic carbocycles. The fourth-order valence-corrected chi connectivity index (χ4v) is 5.22. The van der Waals surface area contributed by atoms with Crippen molar-refractivity contribution in [2.24, 2.45) is 5.92 Å². The van der Waals surface area contributed by atoms with Crippen LogP contribution in [0.1, 0.15) is 30.4 Å². The Morgan fingerprint density at radius 2 is 2.06 bits per heavy atom. The molecule has 2 aromatic carbocycles. The van der Waals surface area contributed by atoms with Crippen molar-refractivity contribution in [1.29, 1.82) is 5.26 Å². The molecule has 2 N–H and O–H groups in total. The number of hydrogen-bond donors (Lipinski definition) is 2. The summed E-state index contributed by atoms with van der Waals surface area (Å²) in [5.74, 6) is 0.677. The van der Waals surface area contributed by atoms with Crippen molar-refractivity contribution < 1.29 is 9.59 Å². The van der Waals surface area contributed by atoms with E-state index in [0.29, 0.717) is 18.8 Å².